The van der Waals surface area contributed by atoms with Crippen LogP contribution in [0.1, 0.15) is 12.8 Å². The van der Waals surface area contributed by atoms with Gasteiger partial charge in [0.15, 0.2) is 18.2 Å². The molecule has 1 aromatic rings. The van der Waals surface area contributed by atoms with Crippen LogP contribution < -0.4 is 9.88 Å². The minimum atomic E-state index is -4.36. The highest BCUT2D eigenvalue weighted by atomic mass is 32.2. The lowest BCUT2D eigenvalue weighted by Gasteiger charge is -2.16. The summed E-state index contributed by atoms with van der Waals surface area (Å²) in [4.78, 5) is 12.3. The molecule has 1 heterocycles. The number of sulfonamides is 1. The van der Waals surface area contributed by atoms with Crippen LogP contribution >= 0.6 is 0 Å². The fourth-order valence-corrected chi connectivity index (χ4v) is 2.64. The predicted octanol–water partition coefficient (Wildman–Crippen LogP) is 0.613. The summed E-state index contributed by atoms with van der Waals surface area (Å²) >= 11 is 0. The number of carbonyl (C=O) groups excluding carboxylic acids is 1. The van der Waals surface area contributed by atoms with Gasteiger partial charge in [-0.1, -0.05) is 0 Å². The van der Waals surface area contributed by atoms with Gasteiger partial charge in [-0.3, -0.25) is 4.79 Å². The van der Waals surface area contributed by atoms with Crippen LogP contribution in [0, 0.1) is 11.6 Å². The highest BCUT2D eigenvalue weighted by Gasteiger charge is 2.23. The third-order valence-corrected chi connectivity index (χ3v) is 4.06. The molecule has 1 saturated heterocycles. The first-order valence-electron chi connectivity index (χ1n) is 6.22. The van der Waals surface area contributed by atoms with Crippen molar-refractivity contribution in [2.45, 2.75) is 17.7 Å². The van der Waals surface area contributed by atoms with Crippen LogP contribution in [0.15, 0.2) is 17.0 Å². The van der Waals surface area contributed by atoms with Crippen LogP contribution in [0.5, 0.6) is 5.75 Å². The lowest BCUT2D eigenvalue weighted by atomic mass is 10.3. The summed E-state index contributed by atoms with van der Waals surface area (Å²) in [7, 11) is -4.36. The standard InChI is InChI=1S/C12H14F2N2O4S/c13-11-8(3-4-9(12(11)14)21(15,18)19)20-7-10(17)16-5-1-2-6-16/h3-4H,1-2,5-7H2,(H2,15,18,19). The van der Waals surface area contributed by atoms with Gasteiger partial charge in [0, 0.05) is 13.1 Å². The number of likely N-dealkylation sites (tertiary alicyclic amines) is 1. The van der Waals surface area contributed by atoms with Crippen LogP contribution in [0.4, 0.5) is 8.78 Å². The molecule has 0 atom stereocenters. The summed E-state index contributed by atoms with van der Waals surface area (Å²) < 4.78 is 54.2. The van der Waals surface area contributed by atoms with Crippen molar-refractivity contribution in [3.8, 4) is 5.75 Å². The molecule has 2 N–H and O–H groups in total. The van der Waals surface area contributed by atoms with E-state index >= 15 is 0 Å². The molecule has 0 saturated carbocycles. The lowest BCUT2D eigenvalue weighted by molar-refractivity contribution is -0.132. The summed E-state index contributed by atoms with van der Waals surface area (Å²) in [6.07, 6.45) is 1.80. The minimum Gasteiger partial charge on any atom is -0.481 e. The average molecular weight is 320 g/mol. The van der Waals surface area contributed by atoms with Gasteiger partial charge in [0.25, 0.3) is 5.91 Å². The number of hydrogen-bond donors (Lipinski definition) is 1. The highest BCUT2D eigenvalue weighted by molar-refractivity contribution is 7.89. The minimum absolute atomic E-state index is 0.331. The Morgan fingerprint density at radius 1 is 1.24 bits per heavy atom. The lowest BCUT2D eigenvalue weighted by Crippen LogP contribution is -2.32. The smallest absolute Gasteiger partial charge is 0.260 e. The summed E-state index contributed by atoms with van der Waals surface area (Å²) in [5.74, 6) is -3.98. The molecule has 1 fully saturated rings. The summed E-state index contributed by atoms with van der Waals surface area (Å²) in [5, 5.41) is 4.75. The van der Waals surface area contributed by atoms with Crippen molar-refractivity contribution < 1.29 is 26.7 Å². The molecule has 0 unspecified atom stereocenters. The maximum Gasteiger partial charge on any atom is 0.260 e. The molecular weight excluding hydrogens is 306 g/mol. The van der Waals surface area contributed by atoms with Crippen molar-refractivity contribution in [3.63, 3.8) is 0 Å². The second-order valence-electron chi connectivity index (χ2n) is 4.61. The van der Waals surface area contributed by atoms with Crippen molar-refractivity contribution in [1.82, 2.24) is 4.90 Å². The van der Waals surface area contributed by atoms with Crippen LogP contribution in [-0.4, -0.2) is 38.9 Å². The number of carbonyl (C=O) groups is 1. The number of hydrogen-bond acceptors (Lipinski definition) is 4. The fourth-order valence-electron chi connectivity index (χ4n) is 2.04. The Morgan fingerprint density at radius 3 is 2.43 bits per heavy atom. The summed E-state index contributed by atoms with van der Waals surface area (Å²) in [6, 6.07) is 1.72. The first kappa shape index (κ1) is 15.6. The Balaban J connectivity index is 2.11. The van der Waals surface area contributed by atoms with E-state index in [1.807, 2.05) is 0 Å². The van der Waals surface area contributed by atoms with E-state index in [0.29, 0.717) is 13.1 Å². The van der Waals surface area contributed by atoms with Gasteiger partial charge in [-0.15, -0.1) is 0 Å². The molecule has 0 bridgehead atoms. The van der Waals surface area contributed by atoms with E-state index in [0.717, 1.165) is 25.0 Å². The Hall–Kier alpha value is -1.74. The third kappa shape index (κ3) is 3.48. The molecule has 21 heavy (non-hydrogen) atoms. The molecule has 9 heteroatoms. The maximum atomic E-state index is 13.7. The number of halogens is 2. The number of nitrogens with two attached hydrogens (primary N) is 1. The van der Waals surface area contributed by atoms with Gasteiger partial charge in [0.05, 0.1) is 0 Å². The van der Waals surface area contributed by atoms with Crippen molar-refractivity contribution in [3.05, 3.63) is 23.8 Å². The first-order chi connectivity index (χ1) is 9.80. The molecule has 1 amide bonds. The molecule has 0 radical (unpaired) electrons. The molecule has 0 spiro atoms. The Bertz CT molecular complexity index is 657. The number of nitrogens with zero attached hydrogens (tertiary/aromatic N) is 1. The SMILES string of the molecule is NS(=O)(=O)c1ccc(OCC(=O)N2CCCC2)c(F)c1F. The first-order valence-corrected chi connectivity index (χ1v) is 7.76. The monoisotopic (exact) mass is 320 g/mol. The van der Waals surface area contributed by atoms with Gasteiger partial charge in [0.1, 0.15) is 4.90 Å². The van der Waals surface area contributed by atoms with Gasteiger partial charge < -0.3 is 9.64 Å². The maximum absolute atomic E-state index is 13.7. The fraction of sp³-hybridized carbons (Fsp3) is 0.417. The van der Waals surface area contributed by atoms with Crippen molar-refractivity contribution >= 4 is 15.9 Å². The van der Waals surface area contributed by atoms with Crippen LogP contribution in [0.2, 0.25) is 0 Å². The molecule has 116 valence electrons. The van der Waals surface area contributed by atoms with E-state index < -0.39 is 38.9 Å². The zero-order valence-electron chi connectivity index (χ0n) is 11.0. The third-order valence-electron chi connectivity index (χ3n) is 3.13. The van der Waals surface area contributed by atoms with E-state index in [2.05, 4.69) is 0 Å². The topological polar surface area (TPSA) is 89.7 Å². The predicted molar refractivity (Wildman–Crippen MR) is 69.0 cm³/mol. The number of ether oxygens (including phenoxy) is 1. The zero-order chi connectivity index (χ0) is 15.6. The van der Waals surface area contributed by atoms with Crippen LogP contribution in [0.25, 0.3) is 0 Å². The van der Waals surface area contributed by atoms with Crippen molar-refractivity contribution in [2.24, 2.45) is 5.14 Å². The number of amides is 1. The molecule has 1 aliphatic heterocycles. The summed E-state index contributed by atoms with van der Waals surface area (Å²) in [6.45, 7) is 0.790. The molecule has 0 aromatic heterocycles. The van der Waals surface area contributed by atoms with Gasteiger partial charge >= 0.3 is 0 Å². The summed E-state index contributed by atoms with van der Waals surface area (Å²) in [5.41, 5.74) is 0. The highest BCUT2D eigenvalue weighted by Crippen LogP contribution is 2.25. The van der Waals surface area contributed by atoms with Gasteiger partial charge in [-0.05, 0) is 25.0 Å². The average Bonchev–Trinajstić information content (AvgIpc) is 2.92. The molecular formula is C12H14F2N2O4S. The van der Waals surface area contributed by atoms with Crippen molar-refractivity contribution in [2.75, 3.05) is 19.7 Å². The van der Waals surface area contributed by atoms with E-state index in [1.54, 1.807) is 4.90 Å². The van der Waals surface area contributed by atoms with Crippen molar-refractivity contribution in [1.29, 1.82) is 0 Å². The number of rotatable bonds is 4. The quantitative estimate of drug-likeness (QED) is 0.880. The van der Waals surface area contributed by atoms with Gasteiger partial charge in [-0.2, -0.15) is 4.39 Å². The molecule has 1 aliphatic rings. The largest absolute Gasteiger partial charge is 0.481 e. The number of benzene rings is 1. The van der Waals surface area contributed by atoms with E-state index in [-0.39, 0.29) is 5.91 Å². The Labute approximate surface area is 120 Å². The normalized spacial score (nSPS) is 15.3. The van der Waals surface area contributed by atoms with Crippen LogP contribution in [0.3, 0.4) is 0 Å². The molecule has 0 aliphatic carbocycles. The second kappa shape index (κ2) is 5.94. The second-order valence-corrected chi connectivity index (χ2v) is 6.14. The molecule has 2 rings (SSSR count). The molecule has 6 nitrogen and oxygen atoms in total. The number of primary sulfonamides is 1. The molecule has 1 aromatic carbocycles. The van der Waals surface area contributed by atoms with E-state index in [1.165, 1.54) is 0 Å². The zero-order valence-corrected chi connectivity index (χ0v) is 11.8. The Morgan fingerprint density at radius 2 is 1.86 bits per heavy atom. The van der Waals surface area contributed by atoms with Gasteiger partial charge in [-0.25, -0.2) is 17.9 Å². The van der Waals surface area contributed by atoms with E-state index in [9.17, 15) is 22.0 Å². The van der Waals surface area contributed by atoms with Crippen LogP contribution in [-0.2, 0) is 14.8 Å². The van der Waals surface area contributed by atoms with Gasteiger partial charge in [0.2, 0.25) is 15.8 Å². The Kier molecular flexibility index (Phi) is 4.43. The van der Waals surface area contributed by atoms with E-state index in [4.69, 9.17) is 9.88 Å².